The molecule has 0 bridgehead atoms. The number of nitrogens with one attached hydrogen (secondary N) is 2. The Kier molecular flexibility index (Phi) is 3.33. The zero-order valence-electron chi connectivity index (χ0n) is 10.5. The number of carbonyl (C=O) groups is 2. The van der Waals surface area contributed by atoms with E-state index in [1.165, 1.54) is 12.1 Å². The third-order valence-electron chi connectivity index (χ3n) is 2.74. The first-order valence-electron chi connectivity index (χ1n) is 5.65. The van der Waals surface area contributed by atoms with Crippen molar-refractivity contribution in [3.63, 3.8) is 0 Å². The van der Waals surface area contributed by atoms with Crippen LogP contribution in [0.4, 0.5) is 5.69 Å². The fourth-order valence-corrected chi connectivity index (χ4v) is 1.78. The molecule has 1 amide bonds. The molecule has 2 rings (SSSR count). The van der Waals surface area contributed by atoms with Gasteiger partial charge in [-0.25, -0.2) is 4.79 Å². The van der Waals surface area contributed by atoms with Crippen LogP contribution in [0.15, 0.2) is 24.3 Å². The van der Waals surface area contributed by atoms with Gasteiger partial charge >= 0.3 is 5.97 Å². The number of nitrogens with zero attached hydrogens (tertiary/aromatic N) is 1. The first-order valence-corrected chi connectivity index (χ1v) is 5.65. The summed E-state index contributed by atoms with van der Waals surface area (Å²) in [7, 11) is 0. The van der Waals surface area contributed by atoms with Gasteiger partial charge < -0.3 is 10.4 Å². The molecular formula is C13H13N3O3. The summed E-state index contributed by atoms with van der Waals surface area (Å²) in [6.45, 7) is 3.51. The normalized spacial score (nSPS) is 10.2. The first-order chi connectivity index (χ1) is 8.99. The van der Waals surface area contributed by atoms with Crippen LogP contribution in [0.3, 0.4) is 0 Å². The Bertz CT molecular complexity index is 610. The molecule has 0 saturated heterocycles. The molecule has 0 aliphatic rings. The van der Waals surface area contributed by atoms with Gasteiger partial charge in [0.15, 0.2) is 0 Å². The van der Waals surface area contributed by atoms with Crippen molar-refractivity contribution in [1.29, 1.82) is 0 Å². The summed E-state index contributed by atoms with van der Waals surface area (Å²) < 4.78 is 0. The summed E-state index contributed by atoms with van der Waals surface area (Å²) in [5.74, 6) is -1.27. The molecule has 0 aliphatic heterocycles. The molecule has 0 atom stereocenters. The molecule has 0 spiro atoms. The number of carboxylic acid groups (broad SMARTS) is 1. The molecule has 19 heavy (non-hydrogen) atoms. The van der Waals surface area contributed by atoms with Crippen molar-refractivity contribution in [2.45, 2.75) is 13.8 Å². The zero-order valence-corrected chi connectivity index (χ0v) is 10.5. The third-order valence-corrected chi connectivity index (χ3v) is 2.74. The Morgan fingerprint density at radius 2 is 1.84 bits per heavy atom. The number of amides is 1. The van der Waals surface area contributed by atoms with E-state index in [1.54, 1.807) is 26.0 Å². The van der Waals surface area contributed by atoms with E-state index < -0.39 is 5.97 Å². The van der Waals surface area contributed by atoms with Crippen LogP contribution >= 0.6 is 0 Å². The van der Waals surface area contributed by atoms with E-state index >= 15 is 0 Å². The van der Waals surface area contributed by atoms with Gasteiger partial charge in [0.05, 0.1) is 16.8 Å². The SMILES string of the molecule is Cc1n[nH]c(C)c1C(=O)Nc1ccc(C(=O)O)cc1. The number of aromatic carboxylic acids is 1. The van der Waals surface area contributed by atoms with E-state index in [9.17, 15) is 9.59 Å². The number of anilines is 1. The molecule has 1 heterocycles. The van der Waals surface area contributed by atoms with Crippen LogP contribution in [0.25, 0.3) is 0 Å². The second-order valence-electron chi connectivity index (χ2n) is 4.15. The predicted octanol–water partition coefficient (Wildman–Crippen LogP) is 1.98. The van der Waals surface area contributed by atoms with Crippen molar-refractivity contribution in [3.05, 3.63) is 46.8 Å². The summed E-state index contributed by atoms with van der Waals surface area (Å²) in [5.41, 5.74) is 2.53. The van der Waals surface area contributed by atoms with Crippen LogP contribution in [0.1, 0.15) is 32.1 Å². The lowest BCUT2D eigenvalue weighted by Crippen LogP contribution is -2.13. The molecule has 0 saturated carbocycles. The Hall–Kier alpha value is -2.63. The summed E-state index contributed by atoms with van der Waals surface area (Å²) in [6.07, 6.45) is 0. The fourth-order valence-electron chi connectivity index (χ4n) is 1.78. The molecule has 1 aromatic heterocycles. The van der Waals surface area contributed by atoms with E-state index in [4.69, 9.17) is 5.11 Å². The number of aromatic amines is 1. The maximum absolute atomic E-state index is 12.0. The standard InChI is InChI=1S/C13H13N3O3/c1-7-11(8(2)16-15-7)12(17)14-10-5-3-9(4-6-10)13(18)19/h3-6H,1-2H3,(H,14,17)(H,15,16)(H,18,19). The monoisotopic (exact) mass is 259 g/mol. The number of aromatic nitrogens is 2. The van der Waals surface area contributed by atoms with Crippen LogP contribution in [-0.2, 0) is 0 Å². The van der Waals surface area contributed by atoms with Gasteiger partial charge in [0.2, 0.25) is 0 Å². The highest BCUT2D eigenvalue weighted by atomic mass is 16.4. The average Bonchev–Trinajstić information content (AvgIpc) is 2.69. The summed E-state index contributed by atoms with van der Waals surface area (Å²) >= 11 is 0. The molecule has 0 radical (unpaired) electrons. The highest BCUT2D eigenvalue weighted by molar-refractivity contribution is 6.05. The van der Waals surface area contributed by atoms with Crippen molar-refractivity contribution in [2.24, 2.45) is 0 Å². The van der Waals surface area contributed by atoms with Crippen LogP contribution in [0.2, 0.25) is 0 Å². The van der Waals surface area contributed by atoms with E-state index in [-0.39, 0.29) is 11.5 Å². The summed E-state index contributed by atoms with van der Waals surface area (Å²) in [6, 6.07) is 5.97. The van der Waals surface area contributed by atoms with Gasteiger partial charge in [-0.1, -0.05) is 0 Å². The van der Waals surface area contributed by atoms with Crippen molar-refractivity contribution < 1.29 is 14.7 Å². The minimum atomic E-state index is -1.00. The number of hydrogen-bond acceptors (Lipinski definition) is 3. The van der Waals surface area contributed by atoms with Crippen molar-refractivity contribution in [2.75, 3.05) is 5.32 Å². The number of benzene rings is 1. The highest BCUT2D eigenvalue weighted by Crippen LogP contribution is 2.14. The highest BCUT2D eigenvalue weighted by Gasteiger charge is 2.15. The Labute approximate surface area is 109 Å². The van der Waals surface area contributed by atoms with Crippen LogP contribution in [0.5, 0.6) is 0 Å². The van der Waals surface area contributed by atoms with Crippen molar-refractivity contribution in [3.8, 4) is 0 Å². The van der Waals surface area contributed by atoms with Gasteiger partial charge in [-0.2, -0.15) is 5.10 Å². The molecule has 6 heteroatoms. The predicted molar refractivity (Wildman–Crippen MR) is 69.4 cm³/mol. The van der Waals surface area contributed by atoms with Gasteiger partial charge in [0.1, 0.15) is 0 Å². The number of rotatable bonds is 3. The number of hydrogen-bond donors (Lipinski definition) is 3. The van der Waals surface area contributed by atoms with Gasteiger partial charge in [0, 0.05) is 11.4 Å². The largest absolute Gasteiger partial charge is 0.478 e. The van der Waals surface area contributed by atoms with E-state index in [0.717, 1.165) is 0 Å². The average molecular weight is 259 g/mol. The Morgan fingerprint density at radius 1 is 1.21 bits per heavy atom. The molecule has 0 aliphatic carbocycles. The molecule has 2 aromatic rings. The van der Waals surface area contributed by atoms with Crippen molar-refractivity contribution in [1.82, 2.24) is 10.2 Å². The molecule has 0 fully saturated rings. The minimum absolute atomic E-state index is 0.175. The van der Waals surface area contributed by atoms with Gasteiger partial charge in [-0.05, 0) is 38.1 Å². The molecule has 6 nitrogen and oxygen atoms in total. The summed E-state index contributed by atoms with van der Waals surface area (Å²) in [4.78, 5) is 22.8. The van der Waals surface area contributed by atoms with Gasteiger partial charge in [-0.3, -0.25) is 9.89 Å². The molecular weight excluding hydrogens is 246 g/mol. The number of carbonyl (C=O) groups excluding carboxylic acids is 1. The lowest BCUT2D eigenvalue weighted by Gasteiger charge is -2.05. The number of H-pyrrole nitrogens is 1. The summed E-state index contributed by atoms with van der Waals surface area (Å²) in [5, 5.41) is 18.2. The Balaban J connectivity index is 2.17. The second kappa shape index (κ2) is 4.93. The fraction of sp³-hybridized carbons (Fsp3) is 0.154. The molecule has 98 valence electrons. The minimum Gasteiger partial charge on any atom is -0.478 e. The maximum Gasteiger partial charge on any atom is 0.335 e. The van der Waals surface area contributed by atoms with Gasteiger partial charge in [-0.15, -0.1) is 0 Å². The molecule has 3 N–H and O–H groups in total. The lowest BCUT2D eigenvalue weighted by atomic mass is 10.1. The van der Waals surface area contributed by atoms with Crippen LogP contribution in [0, 0.1) is 13.8 Å². The van der Waals surface area contributed by atoms with Gasteiger partial charge in [0.25, 0.3) is 5.91 Å². The Morgan fingerprint density at radius 3 is 2.32 bits per heavy atom. The van der Waals surface area contributed by atoms with Crippen molar-refractivity contribution >= 4 is 17.6 Å². The van der Waals surface area contributed by atoms with E-state index in [2.05, 4.69) is 15.5 Å². The number of aryl methyl sites for hydroxylation is 2. The lowest BCUT2D eigenvalue weighted by molar-refractivity contribution is 0.0696. The topological polar surface area (TPSA) is 95.1 Å². The second-order valence-corrected chi connectivity index (χ2v) is 4.15. The zero-order chi connectivity index (χ0) is 14.0. The van der Waals surface area contributed by atoms with Crippen LogP contribution in [-0.4, -0.2) is 27.2 Å². The molecule has 0 unspecified atom stereocenters. The van der Waals surface area contributed by atoms with Crippen LogP contribution < -0.4 is 5.32 Å². The maximum atomic E-state index is 12.0. The third kappa shape index (κ3) is 2.62. The number of carboxylic acids is 1. The first kappa shape index (κ1) is 12.8. The quantitative estimate of drug-likeness (QED) is 0.785. The van der Waals surface area contributed by atoms with E-state index in [0.29, 0.717) is 22.6 Å². The molecule has 1 aromatic carbocycles. The smallest absolute Gasteiger partial charge is 0.335 e. The van der Waals surface area contributed by atoms with E-state index in [1.807, 2.05) is 0 Å².